The molecular formula is C36H55N4O4+. The van der Waals surface area contributed by atoms with Crippen LogP contribution in [0.2, 0.25) is 0 Å². The average molecular weight is 608 g/mol. The van der Waals surface area contributed by atoms with Crippen LogP contribution in [0.1, 0.15) is 88.0 Å². The highest BCUT2D eigenvalue weighted by atomic mass is 16.5. The van der Waals surface area contributed by atoms with E-state index in [0.29, 0.717) is 18.7 Å². The average Bonchev–Trinajstić information content (AvgIpc) is 2.99. The number of nitrogens with one attached hydrogen (secondary N) is 2. The Morgan fingerprint density at radius 1 is 0.841 bits per heavy atom. The van der Waals surface area contributed by atoms with Crippen LogP contribution in [-0.4, -0.2) is 72.5 Å². The van der Waals surface area contributed by atoms with Crippen molar-refractivity contribution in [2.45, 2.75) is 99.5 Å². The molecule has 44 heavy (non-hydrogen) atoms. The molecule has 8 nitrogen and oxygen atoms in total. The van der Waals surface area contributed by atoms with Gasteiger partial charge in [0, 0.05) is 17.8 Å². The monoisotopic (exact) mass is 607 g/mol. The molecule has 2 amide bonds. The van der Waals surface area contributed by atoms with E-state index < -0.39 is 0 Å². The highest BCUT2D eigenvalue weighted by molar-refractivity contribution is 5.96. The Kier molecular flexibility index (Phi) is 13.4. The summed E-state index contributed by atoms with van der Waals surface area (Å²) in [6, 6.07) is 9.60. The first-order valence-electron chi connectivity index (χ1n) is 16.6. The second kappa shape index (κ2) is 16.7. The van der Waals surface area contributed by atoms with Gasteiger partial charge in [-0.1, -0.05) is 31.0 Å². The third-order valence-corrected chi connectivity index (χ3v) is 9.47. The van der Waals surface area contributed by atoms with Gasteiger partial charge in [-0.25, -0.2) is 0 Å². The minimum absolute atomic E-state index is 0.00406. The van der Waals surface area contributed by atoms with Gasteiger partial charge >= 0.3 is 5.97 Å². The topological polar surface area (TPSA) is 87.7 Å². The first-order chi connectivity index (χ1) is 21.0. The van der Waals surface area contributed by atoms with Gasteiger partial charge in [-0.15, -0.1) is 0 Å². The molecule has 1 heterocycles. The van der Waals surface area contributed by atoms with E-state index in [4.69, 9.17) is 4.74 Å². The summed E-state index contributed by atoms with van der Waals surface area (Å²) in [4.78, 5) is 41.0. The first kappa shape index (κ1) is 35.3. The summed E-state index contributed by atoms with van der Waals surface area (Å²) in [6.45, 7) is 19.2. The number of esters is 1. The number of hydrogen-bond donors (Lipinski definition) is 2. The summed E-state index contributed by atoms with van der Waals surface area (Å²) in [6.07, 6.45) is 5.96. The molecule has 1 atom stereocenters. The van der Waals surface area contributed by atoms with Crippen LogP contribution in [0.5, 0.6) is 5.75 Å². The fraction of sp³-hybridized carbons (Fsp3) is 0.583. The molecule has 1 aliphatic heterocycles. The Bertz CT molecular complexity index is 1240. The summed E-state index contributed by atoms with van der Waals surface area (Å²) in [5.74, 6) is 0.344. The van der Waals surface area contributed by atoms with Crippen molar-refractivity contribution >= 4 is 29.2 Å². The number of unbranched alkanes of at least 4 members (excludes halogenated alkanes) is 2. The van der Waals surface area contributed by atoms with Crippen molar-refractivity contribution in [2.75, 3.05) is 49.9 Å². The smallest absolute Gasteiger partial charge is 0.311 e. The van der Waals surface area contributed by atoms with Crippen molar-refractivity contribution in [1.29, 1.82) is 0 Å². The van der Waals surface area contributed by atoms with Crippen LogP contribution in [0.15, 0.2) is 30.3 Å². The maximum absolute atomic E-state index is 13.2. The summed E-state index contributed by atoms with van der Waals surface area (Å²) < 4.78 is 6.42. The summed E-state index contributed by atoms with van der Waals surface area (Å²) in [5.41, 5.74) is 5.63. The zero-order valence-electron chi connectivity index (χ0n) is 28.2. The Hall–Kier alpha value is -3.23. The molecule has 0 saturated carbocycles. The van der Waals surface area contributed by atoms with Gasteiger partial charge in [0.05, 0.1) is 25.7 Å². The number of benzene rings is 2. The van der Waals surface area contributed by atoms with Gasteiger partial charge in [0.1, 0.15) is 5.75 Å². The van der Waals surface area contributed by atoms with E-state index in [9.17, 15) is 14.4 Å². The van der Waals surface area contributed by atoms with Gasteiger partial charge in [-0.05, 0) is 122 Å². The molecule has 8 heteroatoms. The highest BCUT2D eigenvalue weighted by Crippen LogP contribution is 2.27. The standard InChI is InChI=1S/C36H54N4O4/c1-8-40(9-2,10-3)25-32(41)37-35-28(6)23-30(24-29(35)7)44-33(42)20-12-11-14-21-39-22-15-13-19-31(39)36(43)38-34-26(4)17-16-18-27(34)5/h16-18,23-24,31H,8-15,19-22,25H2,1-7H3,(H-,37,38,41,43)/p+1. The van der Waals surface area contributed by atoms with Crippen molar-refractivity contribution < 1.29 is 23.6 Å². The summed E-state index contributed by atoms with van der Waals surface area (Å²) in [7, 11) is 0. The molecule has 242 valence electrons. The van der Waals surface area contributed by atoms with E-state index in [-0.39, 0.29) is 23.8 Å². The molecule has 1 unspecified atom stereocenters. The predicted molar refractivity (Wildman–Crippen MR) is 179 cm³/mol. The maximum atomic E-state index is 13.2. The van der Waals surface area contributed by atoms with Crippen molar-refractivity contribution in [3.63, 3.8) is 0 Å². The van der Waals surface area contributed by atoms with E-state index in [1.165, 1.54) is 0 Å². The van der Waals surface area contributed by atoms with E-state index in [1.54, 1.807) is 0 Å². The number of nitrogens with zero attached hydrogens (tertiary/aromatic N) is 2. The van der Waals surface area contributed by atoms with Gasteiger partial charge in [0.15, 0.2) is 6.54 Å². The maximum Gasteiger partial charge on any atom is 0.311 e. The fourth-order valence-corrected chi connectivity index (χ4v) is 6.39. The second-order valence-electron chi connectivity index (χ2n) is 12.5. The number of carbonyl (C=O) groups is 3. The number of rotatable bonds is 15. The largest absolute Gasteiger partial charge is 0.427 e. The zero-order chi connectivity index (χ0) is 32.3. The van der Waals surface area contributed by atoms with Crippen LogP contribution >= 0.6 is 0 Å². The molecule has 2 N–H and O–H groups in total. The lowest BCUT2D eigenvalue weighted by atomic mass is 10.00. The van der Waals surface area contributed by atoms with Gasteiger partial charge in [-0.3, -0.25) is 19.3 Å². The Balaban J connectivity index is 1.44. The number of aryl methyl sites for hydroxylation is 4. The lowest BCUT2D eigenvalue weighted by Gasteiger charge is -2.35. The van der Waals surface area contributed by atoms with Gasteiger partial charge < -0.3 is 19.9 Å². The number of amides is 2. The zero-order valence-corrected chi connectivity index (χ0v) is 28.2. The van der Waals surface area contributed by atoms with Crippen LogP contribution in [0.25, 0.3) is 0 Å². The number of likely N-dealkylation sites (N-methyl/N-ethyl adjacent to an activating group) is 1. The van der Waals surface area contributed by atoms with Crippen LogP contribution in [-0.2, 0) is 14.4 Å². The SMILES string of the molecule is CC[N+](CC)(CC)CC(=O)Nc1c(C)cc(OC(=O)CCCCCN2CCCCC2C(=O)Nc2c(C)cccc2C)cc1C. The van der Waals surface area contributed by atoms with E-state index >= 15 is 0 Å². The number of ether oxygens (including phenoxy) is 1. The molecule has 0 bridgehead atoms. The van der Waals surface area contributed by atoms with Crippen LogP contribution in [0.4, 0.5) is 11.4 Å². The quantitative estimate of drug-likeness (QED) is 0.102. The minimum atomic E-state index is -0.250. The van der Waals surface area contributed by atoms with Crippen LogP contribution in [0, 0.1) is 27.7 Å². The number of carbonyl (C=O) groups excluding carboxylic acids is 3. The van der Waals surface area contributed by atoms with Gasteiger partial charge in [0.2, 0.25) is 5.91 Å². The number of hydrogen-bond acceptors (Lipinski definition) is 5. The van der Waals surface area contributed by atoms with Crippen molar-refractivity contribution in [2.24, 2.45) is 0 Å². The van der Waals surface area contributed by atoms with Gasteiger partial charge in [0.25, 0.3) is 5.91 Å². The molecule has 2 aromatic carbocycles. The van der Waals surface area contributed by atoms with E-state index in [0.717, 1.165) is 109 Å². The predicted octanol–water partition coefficient (Wildman–Crippen LogP) is 6.69. The number of quaternary nitrogens is 1. The third-order valence-electron chi connectivity index (χ3n) is 9.47. The van der Waals surface area contributed by atoms with Crippen molar-refractivity contribution in [3.05, 3.63) is 52.6 Å². The molecular weight excluding hydrogens is 552 g/mol. The molecule has 1 saturated heterocycles. The third kappa shape index (κ3) is 9.63. The molecule has 0 aromatic heterocycles. The molecule has 1 fully saturated rings. The van der Waals surface area contributed by atoms with E-state index in [2.05, 4.69) is 36.3 Å². The number of piperidine rings is 1. The lowest BCUT2D eigenvalue weighted by Crippen LogP contribution is -2.52. The molecule has 0 spiro atoms. The van der Waals surface area contributed by atoms with Gasteiger partial charge in [-0.2, -0.15) is 0 Å². The fourth-order valence-electron chi connectivity index (χ4n) is 6.39. The summed E-state index contributed by atoms with van der Waals surface area (Å²) in [5, 5.41) is 6.29. The Morgan fingerprint density at radius 3 is 2.07 bits per heavy atom. The molecule has 0 radical (unpaired) electrons. The normalized spacial score (nSPS) is 15.6. The Morgan fingerprint density at radius 2 is 1.45 bits per heavy atom. The molecule has 0 aliphatic carbocycles. The highest BCUT2D eigenvalue weighted by Gasteiger charge is 2.29. The molecule has 2 aromatic rings. The molecule has 1 aliphatic rings. The summed E-state index contributed by atoms with van der Waals surface area (Å²) >= 11 is 0. The first-order valence-corrected chi connectivity index (χ1v) is 16.6. The Labute approximate surface area is 265 Å². The number of likely N-dealkylation sites (tertiary alicyclic amines) is 1. The van der Waals surface area contributed by atoms with Crippen molar-refractivity contribution in [3.8, 4) is 5.75 Å². The number of para-hydroxylation sites is 1. The second-order valence-corrected chi connectivity index (χ2v) is 12.5. The number of anilines is 2. The lowest BCUT2D eigenvalue weighted by molar-refractivity contribution is -0.915. The van der Waals surface area contributed by atoms with Crippen LogP contribution < -0.4 is 15.4 Å². The minimum Gasteiger partial charge on any atom is -0.427 e. The molecule has 3 rings (SSSR count). The van der Waals surface area contributed by atoms with Crippen LogP contribution in [0.3, 0.4) is 0 Å². The van der Waals surface area contributed by atoms with E-state index in [1.807, 2.05) is 58.0 Å². The van der Waals surface area contributed by atoms with Crippen molar-refractivity contribution in [1.82, 2.24) is 4.90 Å².